The summed E-state index contributed by atoms with van der Waals surface area (Å²) < 4.78 is 34.4. The molecule has 34 heavy (non-hydrogen) atoms. The first-order valence-electron chi connectivity index (χ1n) is 12.5. The summed E-state index contributed by atoms with van der Waals surface area (Å²) in [6.07, 6.45) is 7.71. The molecule has 7 heteroatoms. The van der Waals surface area contributed by atoms with Crippen LogP contribution in [0.3, 0.4) is 0 Å². The molecule has 0 aromatic heterocycles. The number of ether oxygens (including phenoxy) is 1. The molecule has 2 aromatic carbocycles. The Kier molecular flexibility index (Phi) is 6.42. The maximum atomic E-state index is 13.4. The molecule has 1 amide bonds. The highest BCUT2D eigenvalue weighted by Gasteiger charge is 2.43. The Morgan fingerprint density at radius 1 is 1.03 bits per heavy atom. The van der Waals surface area contributed by atoms with E-state index in [-0.39, 0.29) is 34.9 Å². The van der Waals surface area contributed by atoms with Gasteiger partial charge in [0.25, 0.3) is 0 Å². The van der Waals surface area contributed by atoms with Crippen molar-refractivity contribution in [1.82, 2.24) is 9.62 Å². The van der Waals surface area contributed by atoms with Gasteiger partial charge in [-0.15, -0.1) is 0 Å². The van der Waals surface area contributed by atoms with Crippen LogP contribution in [-0.2, 0) is 14.8 Å². The predicted octanol–water partition coefficient (Wildman–Crippen LogP) is 4.74. The Bertz CT molecular complexity index is 1140. The average Bonchev–Trinajstić information content (AvgIpc) is 2.85. The van der Waals surface area contributed by atoms with E-state index in [4.69, 9.17) is 4.74 Å². The second-order valence-electron chi connectivity index (χ2n) is 10.2. The van der Waals surface area contributed by atoms with Gasteiger partial charge in [0, 0.05) is 25.1 Å². The number of sulfonamides is 1. The molecule has 2 aliphatic heterocycles. The van der Waals surface area contributed by atoms with Crippen LogP contribution in [0.4, 0.5) is 0 Å². The van der Waals surface area contributed by atoms with Crippen LogP contribution in [0.5, 0.6) is 5.75 Å². The minimum Gasteiger partial charge on any atom is -0.487 e. The van der Waals surface area contributed by atoms with Gasteiger partial charge in [0.05, 0.1) is 16.9 Å². The minimum atomic E-state index is -3.62. The molecule has 0 bridgehead atoms. The van der Waals surface area contributed by atoms with Gasteiger partial charge < -0.3 is 10.1 Å². The van der Waals surface area contributed by atoms with Gasteiger partial charge in [-0.25, -0.2) is 8.42 Å². The third-order valence-electron chi connectivity index (χ3n) is 7.69. The van der Waals surface area contributed by atoms with Crippen molar-refractivity contribution in [2.75, 3.05) is 13.1 Å². The van der Waals surface area contributed by atoms with Crippen LogP contribution in [-0.4, -0.2) is 37.3 Å². The van der Waals surface area contributed by atoms with Gasteiger partial charge in [0.2, 0.25) is 15.9 Å². The molecular weight excluding hydrogens is 448 g/mol. The van der Waals surface area contributed by atoms with E-state index in [9.17, 15) is 13.2 Å². The van der Waals surface area contributed by atoms with Crippen LogP contribution in [0.25, 0.3) is 0 Å². The van der Waals surface area contributed by atoms with E-state index >= 15 is 0 Å². The molecule has 3 aliphatic rings. The molecular formula is C27H34N2O4S. The summed E-state index contributed by atoms with van der Waals surface area (Å²) in [6, 6.07) is 14.8. The number of aryl methyl sites for hydroxylation is 1. The number of hydrogen-bond donors (Lipinski definition) is 1. The highest BCUT2D eigenvalue weighted by molar-refractivity contribution is 7.89. The molecule has 2 atom stereocenters. The van der Waals surface area contributed by atoms with Crippen LogP contribution in [0, 0.1) is 12.8 Å². The molecule has 6 nitrogen and oxygen atoms in total. The van der Waals surface area contributed by atoms with Crippen LogP contribution in [0.2, 0.25) is 0 Å². The van der Waals surface area contributed by atoms with E-state index in [1.165, 1.54) is 10.7 Å². The first-order chi connectivity index (χ1) is 16.4. The van der Waals surface area contributed by atoms with Crippen molar-refractivity contribution in [3.63, 3.8) is 0 Å². The van der Waals surface area contributed by atoms with Gasteiger partial charge in [0.15, 0.2) is 0 Å². The summed E-state index contributed by atoms with van der Waals surface area (Å²) in [7, 11) is -3.62. The molecule has 1 spiro atoms. The lowest BCUT2D eigenvalue weighted by Gasteiger charge is -2.45. The normalized spacial score (nSPS) is 24.7. The van der Waals surface area contributed by atoms with E-state index in [1.807, 2.05) is 43.3 Å². The van der Waals surface area contributed by atoms with Crippen molar-refractivity contribution in [1.29, 1.82) is 0 Å². The van der Waals surface area contributed by atoms with E-state index < -0.39 is 10.0 Å². The van der Waals surface area contributed by atoms with E-state index in [0.29, 0.717) is 19.4 Å². The highest BCUT2D eigenvalue weighted by atomic mass is 32.2. The first kappa shape index (κ1) is 23.4. The lowest BCUT2D eigenvalue weighted by Crippen LogP contribution is -2.49. The molecule has 1 saturated carbocycles. The fraction of sp³-hybridized carbons (Fsp3) is 0.519. The zero-order valence-electron chi connectivity index (χ0n) is 19.8. The van der Waals surface area contributed by atoms with Crippen molar-refractivity contribution < 1.29 is 17.9 Å². The van der Waals surface area contributed by atoms with Crippen molar-refractivity contribution >= 4 is 15.9 Å². The quantitative estimate of drug-likeness (QED) is 0.683. The van der Waals surface area contributed by atoms with Gasteiger partial charge in [-0.05, 0) is 63.6 Å². The summed E-state index contributed by atoms with van der Waals surface area (Å²) in [5.41, 5.74) is 1.83. The van der Waals surface area contributed by atoms with Crippen molar-refractivity contribution in [2.24, 2.45) is 5.92 Å². The largest absolute Gasteiger partial charge is 0.487 e. The fourth-order valence-electron chi connectivity index (χ4n) is 5.77. The molecule has 2 aromatic rings. The first-order valence-corrected chi connectivity index (χ1v) is 14.0. The maximum absolute atomic E-state index is 13.4. The summed E-state index contributed by atoms with van der Waals surface area (Å²) in [4.78, 5) is 13.7. The Morgan fingerprint density at radius 3 is 2.53 bits per heavy atom. The number of hydrogen-bond acceptors (Lipinski definition) is 4. The Balaban J connectivity index is 1.32. The third kappa shape index (κ3) is 4.60. The van der Waals surface area contributed by atoms with Crippen LogP contribution >= 0.6 is 0 Å². The molecule has 2 heterocycles. The molecule has 182 valence electrons. The van der Waals surface area contributed by atoms with Gasteiger partial charge in [-0.3, -0.25) is 4.79 Å². The van der Waals surface area contributed by atoms with E-state index in [1.54, 1.807) is 12.1 Å². The number of rotatable bonds is 4. The second kappa shape index (κ2) is 9.34. The Morgan fingerprint density at radius 2 is 1.76 bits per heavy atom. The molecule has 1 aliphatic carbocycles. The zero-order chi connectivity index (χ0) is 23.8. The number of piperidine rings is 1. The van der Waals surface area contributed by atoms with Gasteiger partial charge in [-0.1, -0.05) is 42.3 Å². The summed E-state index contributed by atoms with van der Waals surface area (Å²) in [5, 5.41) is 3.30. The molecule has 0 unspecified atom stereocenters. The predicted molar refractivity (Wildman–Crippen MR) is 131 cm³/mol. The Hall–Kier alpha value is -2.38. The average molecular weight is 483 g/mol. The standard InChI is InChI=1S/C27H34N2O4S/c1-20-11-13-22(14-12-20)34(31,32)29-17-7-8-21(19-29)26(30)28-24-18-27(15-5-2-6-16-27)33-25-10-4-3-9-23(24)25/h3-4,9-14,21,24H,2,5-8,15-19H2,1H3,(H,28,30)/t21-,24-/m0/s1. The molecule has 2 fully saturated rings. The molecule has 1 N–H and O–H groups in total. The SMILES string of the molecule is Cc1ccc(S(=O)(=O)N2CCC[C@H](C(=O)N[C@H]3CC4(CCCCC4)Oc4ccccc43)C2)cc1. The minimum absolute atomic E-state index is 0.0588. The number of nitrogens with zero attached hydrogens (tertiary/aromatic N) is 1. The number of nitrogens with one attached hydrogen (secondary N) is 1. The fourth-order valence-corrected chi connectivity index (χ4v) is 7.30. The van der Waals surface area contributed by atoms with Crippen LogP contribution < -0.4 is 10.1 Å². The number of carbonyl (C=O) groups excluding carboxylic acids is 1. The van der Waals surface area contributed by atoms with E-state index in [0.717, 1.165) is 49.0 Å². The smallest absolute Gasteiger partial charge is 0.243 e. The monoisotopic (exact) mass is 482 g/mol. The van der Waals surface area contributed by atoms with Gasteiger partial charge in [0.1, 0.15) is 11.4 Å². The van der Waals surface area contributed by atoms with Gasteiger partial charge >= 0.3 is 0 Å². The zero-order valence-corrected chi connectivity index (χ0v) is 20.6. The maximum Gasteiger partial charge on any atom is 0.243 e. The van der Waals surface area contributed by atoms with Crippen LogP contribution in [0.1, 0.15) is 68.5 Å². The molecule has 0 radical (unpaired) electrons. The molecule has 5 rings (SSSR count). The van der Waals surface area contributed by atoms with E-state index in [2.05, 4.69) is 5.32 Å². The number of carbonyl (C=O) groups is 1. The lowest BCUT2D eigenvalue weighted by molar-refractivity contribution is -0.127. The second-order valence-corrected chi connectivity index (χ2v) is 12.1. The number of para-hydroxylation sites is 1. The van der Waals surface area contributed by atoms with Crippen molar-refractivity contribution in [3.05, 3.63) is 59.7 Å². The highest BCUT2D eigenvalue weighted by Crippen LogP contribution is 2.46. The number of fused-ring (bicyclic) bond motifs is 1. The van der Waals surface area contributed by atoms with Crippen molar-refractivity contribution in [3.8, 4) is 5.75 Å². The lowest BCUT2D eigenvalue weighted by atomic mass is 9.77. The molecule has 1 saturated heterocycles. The number of amides is 1. The summed E-state index contributed by atoms with van der Waals surface area (Å²) >= 11 is 0. The number of benzene rings is 2. The Labute approximate surface area is 202 Å². The van der Waals surface area contributed by atoms with Crippen LogP contribution in [0.15, 0.2) is 53.4 Å². The van der Waals surface area contributed by atoms with Gasteiger partial charge in [-0.2, -0.15) is 4.31 Å². The third-order valence-corrected chi connectivity index (χ3v) is 9.57. The summed E-state index contributed by atoms with van der Waals surface area (Å²) in [5.74, 6) is 0.455. The van der Waals surface area contributed by atoms with Crippen molar-refractivity contribution in [2.45, 2.75) is 74.8 Å². The topological polar surface area (TPSA) is 75.7 Å². The summed E-state index contributed by atoms with van der Waals surface area (Å²) in [6.45, 7) is 2.60.